The first-order valence-electron chi connectivity index (χ1n) is 6.25. The van der Waals surface area contributed by atoms with Gasteiger partial charge in [0.05, 0.1) is 18.4 Å². The monoisotopic (exact) mass is 237 g/mol. The summed E-state index contributed by atoms with van der Waals surface area (Å²) in [5.41, 5.74) is 0. The fourth-order valence-corrected chi connectivity index (χ4v) is 2.25. The molecule has 1 aromatic heterocycles. The Bertz CT molecular complexity index is 348. The van der Waals surface area contributed by atoms with Crippen LogP contribution in [0.2, 0.25) is 0 Å². The number of aliphatic hydroxyl groups excluding tert-OH is 1. The third-order valence-corrected chi connectivity index (χ3v) is 3.25. The summed E-state index contributed by atoms with van der Waals surface area (Å²) in [6, 6.07) is 3.62. The molecule has 1 aliphatic carbocycles. The van der Waals surface area contributed by atoms with E-state index in [1.165, 1.54) is 0 Å². The molecular formula is C13H19NO3. The van der Waals surface area contributed by atoms with E-state index in [9.17, 15) is 9.90 Å². The van der Waals surface area contributed by atoms with Crippen molar-refractivity contribution < 1.29 is 14.3 Å². The minimum atomic E-state index is -0.378. The lowest BCUT2D eigenvalue weighted by molar-refractivity contribution is -0.123. The highest BCUT2D eigenvalue weighted by Gasteiger charge is 2.24. The molecule has 1 saturated carbocycles. The number of carbonyl (C=O) groups excluding carboxylic acids is 1. The Morgan fingerprint density at radius 1 is 1.47 bits per heavy atom. The molecule has 0 spiro atoms. The average molecular weight is 237 g/mol. The summed E-state index contributed by atoms with van der Waals surface area (Å²) in [7, 11) is 0. The zero-order valence-corrected chi connectivity index (χ0v) is 9.89. The van der Waals surface area contributed by atoms with E-state index in [1.807, 2.05) is 12.1 Å². The van der Waals surface area contributed by atoms with Crippen molar-refractivity contribution >= 4 is 5.91 Å². The maximum Gasteiger partial charge on any atom is 0.220 e. The van der Waals surface area contributed by atoms with Gasteiger partial charge in [0.25, 0.3) is 0 Å². The van der Waals surface area contributed by atoms with Crippen LogP contribution in [0.25, 0.3) is 0 Å². The van der Waals surface area contributed by atoms with Crippen LogP contribution >= 0.6 is 0 Å². The molecule has 1 heterocycles. The largest absolute Gasteiger partial charge is 0.469 e. The lowest BCUT2D eigenvalue weighted by Crippen LogP contribution is -2.45. The predicted molar refractivity (Wildman–Crippen MR) is 63.4 cm³/mol. The van der Waals surface area contributed by atoms with Gasteiger partial charge in [0.15, 0.2) is 0 Å². The molecule has 1 aromatic rings. The van der Waals surface area contributed by atoms with Gasteiger partial charge in [0, 0.05) is 12.8 Å². The zero-order chi connectivity index (χ0) is 12.1. The summed E-state index contributed by atoms with van der Waals surface area (Å²) in [4.78, 5) is 11.7. The lowest BCUT2D eigenvalue weighted by atomic mass is 9.92. The Labute approximate surface area is 101 Å². The van der Waals surface area contributed by atoms with Gasteiger partial charge >= 0.3 is 0 Å². The van der Waals surface area contributed by atoms with E-state index in [-0.39, 0.29) is 18.1 Å². The molecule has 2 rings (SSSR count). The summed E-state index contributed by atoms with van der Waals surface area (Å²) in [5.74, 6) is 0.816. The Morgan fingerprint density at radius 2 is 2.29 bits per heavy atom. The summed E-state index contributed by atoms with van der Waals surface area (Å²) in [5, 5.41) is 12.6. The Morgan fingerprint density at radius 3 is 3.00 bits per heavy atom. The number of rotatable bonds is 4. The number of hydrogen-bond donors (Lipinski definition) is 2. The van der Waals surface area contributed by atoms with E-state index >= 15 is 0 Å². The summed E-state index contributed by atoms with van der Waals surface area (Å²) in [6.07, 6.45) is 6.07. The van der Waals surface area contributed by atoms with Gasteiger partial charge in [-0.3, -0.25) is 4.79 Å². The second-order valence-corrected chi connectivity index (χ2v) is 4.61. The van der Waals surface area contributed by atoms with Crippen LogP contribution < -0.4 is 5.32 Å². The predicted octanol–water partition coefficient (Wildman–Crippen LogP) is 1.63. The molecule has 4 heteroatoms. The smallest absolute Gasteiger partial charge is 0.220 e. The maximum atomic E-state index is 11.7. The highest BCUT2D eigenvalue weighted by Crippen LogP contribution is 2.18. The number of hydrogen-bond acceptors (Lipinski definition) is 3. The summed E-state index contributed by atoms with van der Waals surface area (Å²) >= 11 is 0. The third kappa shape index (κ3) is 3.60. The molecule has 0 unspecified atom stereocenters. The van der Waals surface area contributed by atoms with Gasteiger partial charge in [-0.15, -0.1) is 0 Å². The zero-order valence-electron chi connectivity index (χ0n) is 9.89. The molecule has 4 nitrogen and oxygen atoms in total. The van der Waals surface area contributed by atoms with Crippen LogP contribution in [0.4, 0.5) is 0 Å². The average Bonchev–Trinajstić information content (AvgIpc) is 2.82. The van der Waals surface area contributed by atoms with Crippen LogP contribution in [0.5, 0.6) is 0 Å². The molecular weight excluding hydrogens is 218 g/mol. The van der Waals surface area contributed by atoms with E-state index in [0.717, 1.165) is 31.4 Å². The molecule has 0 radical (unpaired) electrons. The Hall–Kier alpha value is -1.29. The second kappa shape index (κ2) is 5.87. The molecule has 0 bridgehead atoms. The van der Waals surface area contributed by atoms with Crippen molar-refractivity contribution in [2.75, 3.05) is 0 Å². The fourth-order valence-electron chi connectivity index (χ4n) is 2.25. The van der Waals surface area contributed by atoms with Crippen LogP contribution in [0.3, 0.4) is 0 Å². The number of aliphatic hydroxyl groups is 1. The SMILES string of the molecule is O=C(CCc1ccco1)N[C@@H]1CCCC[C@H]1O. The lowest BCUT2D eigenvalue weighted by Gasteiger charge is -2.28. The fraction of sp³-hybridized carbons (Fsp3) is 0.615. The van der Waals surface area contributed by atoms with Gasteiger partial charge in [0.2, 0.25) is 5.91 Å². The van der Waals surface area contributed by atoms with Crippen molar-refractivity contribution in [3.8, 4) is 0 Å². The number of amides is 1. The first-order chi connectivity index (χ1) is 8.25. The minimum absolute atomic E-state index is 0.00708. The standard InChI is InChI=1S/C13H19NO3/c15-12-6-2-1-5-11(12)14-13(16)8-7-10-4-3-9-17-10/h3-4,9,11-12,15H,1-2,5-8H2,(H,14,16)/t11-,12-/m1/s1. The number of furan rings is 1. The number of carbonyl (C=O) groups is 1. The summed E-state index contributed by atoms with van der Waals surface area (Å²) < 4.78 is 5.17. The molecule has 2 atom stereocenters. The van der Waals surface area contributed by atoms with E-state index in [2.05, 4.69) is 5.32 Å². The number of aryl methyl sites for hydroxylation is 1. The molecule has 1 aliphatic rings. The Balaban J connectivity index is 1.73. The van der Waals surface area contributed by atoms with Crippen molar-refractivity contribution in [3.05, 3.63) is 24.2 Å². The minimum Gasteiger partial charge on any atom is -0.469 e. The molecule has 17 heavy (non-hydrogen) atoms. The topological polar surface area (TPSA) is 62.5 Å². The van der Waals surface area contributed by atoms with Crippen LogP contribution in [-0.4, -0.2) is 23.2 Å². The van der Waals surface area contributed by atoms with E-state index in [1.54, 1.807) is 6.26 Å². The van der Waals surface area contributed by atoms with Crippen LogP contribution in [0.15, 0.2) is 22.8 Å². The van der Waals surface area contributed by atoms with Gasteiger partial charge in [-0.2, -0.15) is 0 Å². The van der Waals surface area contributed by atoms with Gasteiger partial charge in [-0.05, 0) is 25.0 Å². The van der Waals surface area contributed by atoms with Crippen molar-refractivity contribution in [2.45, 2.75) is 50.7 Å². The van der Waals surface area contributed by atoms with Crippen molar-refractivity contribution in [1.82, 2.24) is 5.32 Å². The van der Waals surface area contributed by atoms with Crippen LogP contribution in [-0.2, 0) is 11.2 Å². The molecule has 2 N–H and O–H groups in total. The molecule has 0 saturated heterocycles. The molecule has 1 fully saturated rings. The van der Waals surface area contributed by atoms with E-state index in [0.29, 0.717) is 12.8 Å². The van der Waals surface area contributed by atoms with E-state index < -0.39 is 0 Å². The van der Waals surface area contributed by atoms with Crippen molar-refractivity contribution in [3.63, 3.8) is 0 Å². The van der Waals surface area contributed by atoms with Gasteiger partial charge in [-0.25, -0.2) is 0 Å². The van der Waals surface area contributed by atoms with Gasteiger partial charge in [0.1, 0.15) is 5.76 Å². The second-order valence-electron chi connectivity index (χ2n) is 4.61. The van der Waals surface area contributed by atoms with Crippen LogP contribution in [0, 0.1) is 0 Å². The van der Waals surface area contributed by atoms with Crippen molar-refractivity contribution in [1.29, 1.82) is 0 Å². The normalized spacial score (nSPS) is 24.5. The van der Waals surface area contributed by atoms with Gasteiger partial charge in [-0.1, -0.05) is 12.8 Å². The number of nitrogens with one attached hydrogen (secondary N) is 1. The highest BCUT2D eigenvalue weighted by molar-refractivity contribution is 5.76. The van der Waals surface area contributed by atoms with Crippen LogP contribution in [0.1, 0.15) is 37.9 Å². The molecule has 0 aromatic carbocycles. The van der Waals surface area contributed by atoms with Gasteiger partial charge < -0.3 is 14.8 Å². The first kappa shape index (κ1) is 12.2. The summed E-state index contributed by atoms with van der Waals surface area (Å²) in [6.45, 7) is 0. The molecule has 1 amide bonds. The molecule has 0 aliphatic heterocycles. The molecule has 94 valence electrons. The highest BCUT2D eigenvalue weighted by atomic mass is 16.3. The van der Waals surface area contributed by atoms with E-state index in [4.69, 9.17) is 4.42 Å². The van der Waals surface area contributed by atoms with Crippen molar-refractivity contribution in [2.24, 2.45) is 0 Å². The Kier molecular flexibility index (Phi) is 4.20. The maximum absolute atomic E-state index is 11.7. The quantitative estimate of drug-likeness (QED) is 0.836. The first-order valence-corrected chi connectivity index (χ1v) is 6.25. The third-order valence-electron chi connectivity index (χ3n) is 3.25.